The number of aliphatic hydroxyl groups is 1. The molecule has 1 saturated heterocycles. The average Bonchev–Trinajstić information content (AvgIpc) is 3.33. The minimum Gasteiger partial charge on any atom is -0.507 e. The van der Waals surface area contributed by atoms with E-state index in [9.17, 15) is 27.9 Å². The summed E-state index contributed by atoms with van der Waals surface area (Å²) in [5.41, 5.74) is 1.40. The third kappa shape index (κ3) is 4.26. The molecule has 1 N–H and O–H groups in total. The van der Waals surface area contributed by atoms with E-state index in [1.165, 1.54) is 24.5 Å². The van der Waals surface area contributed by atoms with Gasteiger partial charge in [-0.2, -0.15) is 0 Å². The van der Waals surface area contributed by atoms with E-state index in [1.54, 1.807) is 30.3 Å². The molecule has 2 unspecified atom stereocenters. The molecule has 1 amide bonds. The number of benzene rings is 2. The largest absolute Gasteiger partial charge is 0.573 e. The number of aromatic nitrogens is 1. The molecule has 184 valence electrons. The van der Waals surface area contributed by atoms with Crippen molar-refractivity contribution in [2.75, 3.05) is 4.90 Å². The van der Waals surface area contributed by atoms with Gasteiger partial charge in [-0.15, -0.1) is 13.2 Å². The number of anilines is 1. The predicted molar refractivity (Wildman–Crippen MR) is 122 cm³/mol. The number of hydrogen-bond acceptors (Lipinski definition) is 6. The topological polar surface area (TPSA) is 89.0 Å². The van der Waals surface area contributed by atoms with Crippen LogP contribution in [-0.2, 0) is 16.0 Å². The van der Waals surface area contributed by atoms with E-state index in [-0.39, 0.29) is 17.4 Å². The van der Waals surface area contributed by atoms with Gasteiger partial charge in [-0.25, -0.2) is 0 Å². The van der Waals surface area contributed by atoms with Crippen LogP contribution in [0.25, 0.3) is 5.76 Å². The summed E-state index contributed by atoms with van der Waals surface area (Å²) in [6, 6.07) is 11.7. The molecule has 7 nitrogen and oxygen atoms in total. The lowest BCUT2D eigenvalue weighted by atomic mass is 9.95. The van der Waals surface area contributed by atoms with E-state index in [4.69, 9.17) is 4.74 Å². The zero-order chi connectivity index (χ0) is 25.6. The molecule has 0 spiro atoms. The van der Waals surface area contributed by atoms with E-state index >= 15 is 0 Å². The molecule has 2 aliphatic rings. The molecule has 5 rings (SSSR count). The number of ether oxygens (including phenoxy) is 2. The van der Waals surface area contributed by atoms with Gasteiger partial charge in [0.15, 0.2) is 0 Å². The zero-order valence-electron chi connectivity index (χ0n) is 18.8. The summed E-state index contributed by atoms with van der Waals surface area (Å²) in [6.07, 6.45) is -1.46. The minimum absolute atomic E-state index is 0.00381. The third-order valence-corrected chi connectivity index (χ3v) is 5.97. The summed E-state index contributed by atoms with van der Waals surface area (Å²) >= 11 is 0. The Morgan fingerprint density at radius 2 is 1.86 bits per heavy atom. The second-order valence-corrected chi connectivity index (χ2v) is 8.45. The first kappa shape index (κ1) is 23.4. The van der Waals surface area contributed by atoms with Gasteiger partial charge in [-0.1, -0.05) is 6.07 Å². The monoisotopic (exact) mass is 496 g/mol. The van der Waals surface area contributed by atoms with Gasteiger partial charge in [0.2, 0.25) is 0 Å². The maximum absolute atomic E-state index is 13.2. The van der Waals surface area contributed by atoms with Gasteiger partial charge in [0.05, 0.1) is 11.6 Å². The molecule has 2 aliphatic heterocycles. The van der Waals surface area contributed by atoms with E-state index in [2.05, 4.69) is 9.72 Å². The Kier molecular flexibility index (Phi) is 5.66. The molecule has 1 fully saturated rings. The number of alkyl halides is 3. The number of Topliss-reactive ketones (excluding diaryl/α,β-unsaturated/α-hetero) is 1. The van der Waals surface area contributed by atoms with Crippen LogP contribution >= 0.6 is 0 Å². The van der Waals surface area contributed by atoms with Crippen molar-refractivity contribution in [1.82, 2.24) is 4.98 Å². The summed E-state index contributed by atoms with van der Waals surface area (Å²) in [5.74, 6) is -2.25. The molecule has 1 aromatic heterocycles. The van der Waals surface area contributed by atoms with Crippen LogP contribution in [0.15, 0.2) is 72.6 Å². The number of halogens is 3. The summed E-state index contributed by atoms with van der Waals surface area (Å²) in [4.78, 5) is 31.4. The third-order valence-electron chi connectivity index (χ3n) is 5.97. The van der Waals surface area contributed by atoms with Crippen molar-refractivity contribution in [2.24, 2.45) is 0 Å². The lowest BCUT2D eigenvalue weighted by molar-refractivity contribution is -0.274. The maximum Gasteiger partial charge on any atom is 0.573 e. The standard InChI is InChI=1S/C26H19F3N2O5/c1-14-11-17-12-16(5-6-20(17)35-14)23(32)21-22(15-7-9-30-10-8-15)31(25(34)24(21)33)18-3-2-4-19(13-18)36-26(27,28)29/h2-10,12-14,22,32H,11H2,1H3/b23-21-. The second kappa shape index (κ2) is 8.71. The highest BCUT2D eigenvalue weighted by molar-refractivity contribution is 6.51. The number of carbonyl (C=O) groups excluding carboxylic acids is 2. The highest BCUT2D eigenvalue weighted by atomic mass is 19.4. The summed E-state index contributed by atoms with van der Waals surface area (Å²) in [5, 5.41) is 11.3. The fourth-order valence-corrected chi connectivity index (χ4v) is 4.52. The van der Waals surface area contributed by atoms with E-state index in [1.807, 2.05) is 6.92 Å². The van der Waals surface area contributed by atoms with Crippen molar-refractivity contribution in [1.29, 1.82) is 0 Å². The molecule has 0 aliphatic carbocycles. The molecule has 3 heterocycles. The molecule has 2 atom stereocenters. The van der Waals surface area contributed by atoms with Crippen molar-refractivity contribution in [3.05, 3.63) is 89.3 Å². The van der Waals surface area contributed by atoms with Crippen LogP contribution in [0.1, 0.15) is 29.7 Å². The normalized spacial score (nSPS) is 20.8. The van der Waals surface area contributed by atoms with Gasteiger partial charge >= 0.3 is 6.36 Å². The Morgan fingerprint density at radius 1 is 1.11 bits per heavy atom. The van der Waals surface area contributed by atoms with Crippen LogP contribution in [0.2, 0.25) is 0 Å². The maximum atomic E-state index is 13.2. The Labute approximate surface area is 203 Å². The Hall–Kier alpha value is -4.34. The first-order valence-electron chi connectivity index (χ1n) is 11.0. The molecule has 0 bridgehead atoms. The lowest BCUT2D eigenvalue weighted by Crippen LogP contribution is -2.29. The fourth-order valence-electron chi connectivity index (χ4n) is 4.52. The Morgan fingerprint density at radius 3 is 2.58 bits per heavy atom. The van der Waals surface area contributed by atoms with Crippen LogP contribution in [0.3, 0.4) is 0 Å². The Bertz CT molecular complexity index is 1390. The SMILES string of the molecule is CC1Cc2cc(/C(O)=C3/C(=O)C(=O)N(c4cccc(OC(F)(F)F)c4)C3c3ccncc3)ccc2O1. The summed E-state index contributed by atoms with van der Waals surface area (Å²) in [6.45, 7) is 1.91. The van der Waals surface area contributed by atoms with Gasteiger partial charge in [-0.05, 0) is 60.5 Å². The molecular formula is C26H19F3N2O5. The quantitative estimate of drug-likeness (QED) is 0.313. The van der Waals surface area contributed by atoms with E-state index < -0.39 is 35.6 Å². The second-order valence-electron chi connectivity index (χ2n) is 8.45. The van der Waals surface area contributed by atoms with Crippen molar-refractivity contribution in [2.45, 2.75) is 31.9 Å². The minimum atomic E-state index is -4.94. The van der Waals surface area contributed by atoms with Gasteiger partial charge < -0.3 is 14.6 Å². The smallest absolute Gasteiger partial charge is 0.507 e. The fraction of sp³-hybridized carbons (Fsp3) is 0.192. The number of fused-ring (bicyclic) bond motifs is 1. The molecule has 36 heavy (non-hydrogen) atoms. The lowest BCUT2D eigenvalue weighted by Gasteiger charge is -2.25. The summed E-state index contributed by atoms with van der Waals surface area (Å²) < 4.78 is 48.1. The van der Waals surface area contributed by atoms with E-state index in [0.717, 1.165) is 22.6 Å². The van der Waals surface area contributed by atoms with Crippen molar-refractivity contribution in [3.63, 3.8) is 0 Å². The van der Waals surface area contributed by atoms with Crippen molar-refractivity contribution in [3.8, 4) is 11.5 Å². The highest BCUT2D eigenvalue weighted by Crippen LogP contribution is 2.43. The first-order chi connectivity index (χ1) is 17.1. The average molecular weight is 496 g/mol. The van der Waals surface area contributed by atoms with Gasteiger partial charge in [0.25, 0.3) is 11.7 Å². The Balaban J connectivity index is 1.64. The first-order valence-corrected chi connectivity index (χ1v) is 11.0. The molecule has 2 aromatic carbocycles. The number of aliphatic hydroxyl groups excluding tert-OH is 1. The highest BCUT2D eigenvalue weighted by Gasteiger charge is 2.47. The molecule has 10 heteroatoms. The number of carbonyl (C=O) groups is 2. The number of nitrogens with zero attached hydrogens (tertiary/aromatic N) is 2. The van der Waals surface area contributed by atoms with E-state index in [0.29, 0.717) is 23.3 Å². The molecular weight excluding hydrogens is 477 g/mol. The molecule has 0 saturated carbocycles. The van der Waals surface area contributed by atoms with Crippen LogP contribution < -0.4 is 14.4 Å². The summed E-state index contributed by atoms with van der Waals surface area (Å²) in [7, 11) is 0. The van der Waals surface area contributed by atoms with Crippen molar-refractivity contribution < 1.29 is 37.3 Å². The number of amides is 1. The number of ketones is 1. The number of rotatable bonds is 4. The predicted octanol–water partition coefficient (Wildman–Crippen LogP) is 4.93. The van der Waals surface area contributed by atoms with Crippen LogP contribution in [0.4, 0.5) is 18.9 Å². The number of hydrogen-bond donors (Lipinski definition) is 1. The molecule has 0 radical (unpaired) electrons. The van der Waals surface area contributed by atoms with Crippen LogP contribution in [0, 0.1) is 0 Å². The zero-order valence-corrected chi connectivity index (χ0v) is 18.8. The van der Waals surface area contributed by atoms with Crippen LogP contribution in [0.5, 0.6) is 11.5 Å². The number of pyridine rings is 1. The van der Waals surface area contributed by atoms with Gasteiger partial charge in [-0.3, -0.25) is 19.5 Å². The molecule has 3 aromatic rings. The van der Waals surface area contributed by atoms with Gasteiger partial charge in [0.1, 0.15) is 23.4 Å². The van der Waals surface area contributed by atoms with Gasteiger partial charge in [0, 0.05) is 36.1 Å². The van der Waals surface area contributed by atoms with Crippen molar-refractivity contribution >= 4 is 23.1 Å². The van der Waals surface area contributed by atoms with Crippen LogP contribution in [-0.4, -0.2) is 34.2 Å².